The maximum absolute atomic E-state index is 12.6. The predicted molar refractivity (Wildman–Crippen MR) is 82.6 cm³/mol. The standard InChI is InChI=1S/C16H22N4O2/c1-12-8-20(10-14(12)18(2)3)16(21)15-5-4-13(22-15)9-19-7-6-17-11-19/h4-7,11-12,14H,8-10H2,1-3H3/t12-,14+/m0/s1. The van der Waals surface area contributed by atoms with Crippen LogP contribution in [0.3, 0.4) is 0 Å². The zero-order valence-corrected chi connectivity index (χ0v) is 13.3. The van der Waals surface area contributed by atoms with Gasteiger partial charge in [-0.1, -0.05) is 6.92 Å². The average molecular weight is 302 g/mol. The van der Waals surface area contributed by atoms with Crippen molar-refractivity contribution in [2.75, 3.05) is 27.2 Å². The predicted octanol–water partition coefficient (Wildman–Crippen LogP) is 1.55. The molecule has 0 unspecified atom stereocenters. The van der Waals surface area contributed by atoms with E-state index in [-0.39, 0.29) is 5.91 Å². The molecule has 118 valence electrons. The number of furan rings is 1. The molecule has 1 amide bonds. The van der Waals surface area contributed by atoms with Gasteiger partial charge in [-0.3, -0.25) is 4.79 Å². The highest BCUT2D eigenvalue weighted by Crippen LogP contribution is 2.22. The van der Waals surface area contributed by atoms with E-state index in [9.17, 15) is 4.79 Å². The van der Waals surface area contributed by atoms with Crippen molar-refractivity contribution in [3.05, 3.63) is 42.4 Å². The summed E-state index contributed by atoms with van der Waals surface area (Å²) >= 11 is 0. The van der Waals surface area contributed by atoms with Crippen LogP contribution in [-0.4, -0.2) is 58.5 Å². The smallest absolute Gasteiger partial charge is 0.289 e. The highest BCUT2D eigenvalue weighted by Gasteiger charge is 2.34. The number of nitrogens with zero attached hydrogens (tertiary/aromatic N) is 4. The summed E-state index contributed by atoms with van der Waals surface area (Å²) in [5.41, 5.74) is 0. The summed E-state index contributed by atoms with van der Waals surface area (Å²) in [7, 11) is 4.12. The summed E-state index contributed by atoms with van der Waals surface area (Å²) in [6.45, 7) is 4.30. The molecule has 22 heavy (non-hydrogen) atoms. The Morgan fingerprint density at radius 3 is 2.86 bits per heavy atom. The van der Waals surface area contributed by atoms with Gasteiger partial charge < -0.3 is 18.8 Å². The van der Waals surface area contributed by atoms with Gasteiger partial charge in [0.1, 0.15) is 5.76 Å². The molecule has 0 radical (unpaired) electrons. The molecule has 0 saturated carbocycles. The van der Waals surface area contributed by atoms with Crippen molar-refractivity contribution in [1.82, 2.24) is 19.4 Å². The monoisotopic (exact) mass is 302 g/mol. The summed E-state index contributed by atoms with van der Waals surface area (Å²) in [5, 5.41) is 0. The minimum Gasteiger partial charge on any atom is -0.454 e. The Morgan fingerprint density at radius 1 is 1.41 bits per heavy atom. The SMILES string of the molecule is C[C@H]1CN(C(=O)c2ccc(Cn3ccnc3)o2)C[C@H]1N(C)C. The van der Waals surface area contributed by atoms with Crippen molar-refractivity contribution in [1.29, 1.82) is 0 Å². The van der Waals surface area contributed by atoms with E-state index < -0.39 is 0 Å². The third-order valence-electron chi connectivity index (χ3n) is 4.29. The summed E-state index contributed by atoms with van der Waals surface area (Å²) in [5.74, 6) is 1.63. The fourth-order valence-electron chi connectivity index (χ4n) is 3.08. The van der Waals surface area contributed by atoms with Crippen molar-refractivity contribution >= 4 is 5.91 Å². The molecule has 1 fully saturated rings. The van der Waals surface area contributed by atoms with Crippen LogP contribution >= 0.6 is 0 Å². The first-order valence-corrected chi connectivity index (χ1v) is 7.54. The van der Waals surface area contributed by atoms with Crippen molar-refractivity contribution in [2.24, 2.45) is 5.92 Å². The normalized spacial score (nSPS) is 21.7. The summed E-state index contributed by atoms with van der Waals surface area (Å²) in [4.78, 5) is 20.6. The zero-order valence-electron chi connectivity index (χ0n) is 13.3. The van der Waals surface area contributed by atoms with E-state index in [1.54, 1.807) is 18.6 Å². The third kappa shape index (κ3) is 2.92. The summed E-state index contributed by atoms with van der Waals surface area (Å²) in [6.07, 6.45) is 5.32. The van der Waals surface area contributed by atoms with Gasteiger partial charge in [-0.15, -0.1) is 0 Å². The molecule has 2 atom stereocenters. The van der Waals surface area contributed by atoms with Crippen molar-refractivity contribution in [3.8, 4) is 0 Å². The molecular weight excluding hydrogens is 280 g/mol. The highest BCUT2D eigenvalue weighted by atomic mass is 16.4. The molecule has 3 heterocycles. The molecule has 0 aliphatic carbocycles. The molecular formula is C16H22N4O2. The molecule has 1 aliphatic rings. The number of likely N-dealkylation sites (tertiary alicyclic amines) is 1. The zero-order chi connectivity index (χ0) is 15.7. The molecule has 1 aliphatic heterocycles. The largest absolute Gasteiger partial charge is 0.454 e. The Hall–Kier alpha value is -2.08. The average Bonchev–Trinajstić information content (AvgIpc) is 3.19. The van der Waals surface area contributed by atoms with Crippen molar-refractivity contribution in [2.45, 2.75) is 19.5 Å². The molecule has 0 bridgehead atoms. The third-order valence-corrected chi connectivity index (χ3v) is 4.29. The molecule has 2 aromatic rings. The van der Waals surface area contributed by atoms with Crippen LogP contribution in [0.1, 0.15) is 23.2 Å². The molecule has 0 aromatic carbocycles. The van der Waals surface area contributed by atoms with E-state index >= 15 is 0 Å². The Kier molecular flexibility index (Phi) is 4.02. The van der Waals surface area contributed by atoms with Crippen LogP contribution in [0.15, 0.2) is 35.3 Å². The van der Waals surface area contributed by atoms with Crippen LogP contribution in [0.5, 0.6) is 0 Å². The van der Waals surface area contributed by atoms with Crippen LogP contribution < -0.4 is 0 Å². The lowest BCUT2D eigenvalue weighted by Crippen LogP contribution is -2.35. The molecule has 2 aromatic heterocycles. The maximum Gasteiger partial charge on any atom is 0.289 e. The Bertz CT molecular complexity index is 632. The second kappa shape index (κ2) is 5.96. The number of carbonyl (C=O) groups excluding carboxylic acids is 1. The van der Waals surface area contributed by atoms with E-state index in [4.69, 9.17) is 4.42 Å². The molecule has 3 rings (SSSR count). The highest BCUT2D eigenvalue weighted by molar-refractivity contribution is 5.91. The topological polar surface area (TPSA) is 54.5 Å². The first-order valence-electron chi connectivity index (χ1n) is 7.54. The van der Waals surface area contributed by atoms with E-state index in [0.29, 0.717) is 24.3 Å². The van der Waals surface area contributed by atoms with Gasteiger partial charge in [0.05, 0.1) is 12.9 Å². The molecule has 6 heteroatoms. The number of likely N-dealkylation sites (N-methyl/N-ethyl adjacent to an activating group) is 1. The number of hydrogen-bond donors (Lipinski definition) is 0. The number of hydrogen-bond acceptors (Lipinski definition) is 4. The Morgan fingerprint density at radius 2 is 2.23 bits per heavy atom. The minimum absolute atomic E-state index is 0.0203. The van der Waals surface area contributed by atoms with Crippen LogP contribution in [0.2, 0.25) is 0 Å². The minimum atomic E-state index is -0.0203. The lowest BCUT2D eigenvalue weighted by Gasteiger charge is -2.22. The molecule has 0 spiro atoms. The fraction of sp³-hybridized carbons (Fsp3) is 0.500. The van der Waals surface area contributed by atoms with Crippen molar-refractivity contribution in [3.63, 3.8) is 0 Å². The number of imidazole rings is 1. The van der Waals surface area contributed by atoms with Crippen LogP contribution in [0.4, 0.5) is 0 Å². The summed E-state index contributed by atoms with van der Waals surface area (Å²) in [6, 6.07) is 4.03. The van der Waals surface area contributed by atoms with Gasteiger partial charge in [-0.05, 0) is 32.1 Å². The van der Waals surface area contributed by atoms with Gasteiger partial charge in [-0.25, -0.2) is 4.98 Å². The first kappa shape index (κ1) is 14.8. The number of carbonyl (C=O) groups is 1. The van der Waals surface area contributed by atoms with E-state index in [0.717, 1.165) is 18.8 Å². The van der Waals surface area contributed by atoms with E-state index in [2.05, 4.69) is 30.9 Å². The van der Waals surface area contributed by atoms with Crippen LogP contribution in [0.25, 0.3) is 0 Å². The summed E-state index contributed by atoms with van der Waals surface area (Å²) < 4.78 is 7.62. The van der Waals surface area contributed by atoms with Crippen LogP contribution in [0, 0.1) is 5.92 Å². The van der Waals surface area contributed by atoms with Gasteiger partial charge in [-0.2, -0.15) is 0 Å². The van der Waals surface area contributed by atoms with Gasteiger partial charge in [0, 0.05) is 31.5 Å². The van der Waals surface area contributed by atoms with Gasteiger partial charge >= 0.3 is 0 Å². The number of rotatable bonds is 4. The fourth-order valence-corrected chi connectivity index (χ4v) is 3.08. The van der Waals surface area contributed by atoms with Gasteiger partial charge in [0.2, 0.25) is 0 Å². The number of aromatic nitrogens is 2. The van der Waals surface area contributed by atoms with E-state index in [1.807, 2.05) is 21.7 Å². The maximum atomic E-state index is 12.6. The molecule has 6 nitrogen and oxygen atoms in total. The molecule has 0 N–H and O–H groups in total. The quantitative estimate of drug-likeness (QED) is 0.860. The second-order valence-corrected chi connectivity index (χ2v) is 6.22. The van der Waals surface area contributed by atoms with Gasteiger partial charge in [0.25, 0.3) is 5.91 Å². The van der Waals surface area contributed by atoms with E-state index in [1.165, 1.54) is 0 Å². The Labute approximate surface area is 130 Å². The molecule has 1 saturated heterocycles. The Balaban J connectivity index is 1.67. The van der Waals surface area contributed by atoms with Crippen LogP contribution in [-0.2, 0) is 6.54 Å². The number of amides is 1. The second-order valence-electron chi connectivity index (χ2n) is 6.22. The lowest BCUT2D eigenvalue weighted by atomic mass is 10.1. The first-order chi connectivity index (χ1) is 10.5. The van der Waals surface area contributed by atoms with Gasteiger partial charge in [0.15, 0.2) is 5.76 Å². The lowest BCUT2D eigenvalue weighted by molar-refractivity contribution is 0.0747. The van der Waals surface area contributed by atoms with Crippen molar-refractivity contribution < 1.29 is 9.21 Å².